The third-order valence-corrected chi connectivity index (χ3v) is 5.99. The Bertz CT molecular complexity index is 1420. The number of aromatic nitrogens is 2. The van der Waals surface area contributed by atoms with Gasteiger partial charge in [-0.3, -0.25) is 19.4 Å². The van der Waals surface area contributed by atoms with Crippen molar-refractivity contribution in [3.63, 3.8) is 0 Å². The smallest absolute Gasteiger partial charge is 0.244 e. The van der Waals surface area contributed by atoms with Crippen molar-refractivity contribution >= 4 is 55.8 Å². The molecule has 0 bridgehead atoms. The molecule has 0 saturated heterocycles. The van der Waals surface area contributed by atoms with Crippen molar-refractivity contribution in [3.8, 4) is 0 Å². The number of anilines is 1. The maximum Gasteiger partial charge on any atom is 0.244 e. The topological polar surface area (TPSA) is 81.1 Å². The minimum Gasteiger partial charge on any atom is -0.337 e. The van der Waals surface area contributed by atoms with Gasteiger partial charge in [0.15, 0.2) is 5.78 Å². The molecule has 8 heteroatoms. The molecule has 4 aromatic rings. The molecule has 4 rings (SSSR count). The zero-order valence-corrected chi connectivity index (χ0v) is 19.3. The molecule has 2 aromatic heterocycles. The van der Waals surface area contributed by atoms with Crippen molar-refractivity contribution in [1.29, 1.82) is 0 Å². The Morgan fingerprint density at radius 3 is 2.62 bits per heavy atom. The van der Waals surface area contributed by atoms with Gasteiger partial charge in [0, 0.05) is 44.7 Å². The highest BCUT2D eigenvalue weighted by Crippen LogP contribution is 2.23. The average Bonchev–Trinajstić information content (AvgIpc) is 2.79. The first kappa shape index (κ1) is 21.9. The van der Waals surface area contributed by atoms with Crippen LogP contribution < -0.4 is 10.7 Å². The number of rotatable bonds is 5. The van der Waals surface area contributed by atoms with Crippen LogP contribution in [0, 0.1) is 6.92 Å². The fourth-order valence-corrected chi connectivity index (χ4v) is 3.94. The van der Waals surface area contributed by atoms with E-state index in [2.05, 4.69) is 26.2 Å². The van der Waals surface area contributed by atoms with E-state index in [9.17, 15) is 14.4 Å². The van der Waals surface area contributed by atoms with Crippen LogP contribution in [0.3, 0.4) is 0 Å². The number of nitrogens with zero attached hydrogens (tertiary/aromatic N) is 2. The van der Waals surface area contributed by atoms with Crippen LogP contribution in [0.5, 0.6) is 0 Å². The van der Waals surface area contributed by atoms with Gasteiger partial charge in [0.1, 0.15) is 6.54 Å². The van der Waals surface area contributed by atoms with Gasteiger partial charge in [-0.05, 0) is 55.0 Å². The van der Waals surface area contributed by atoms with Gasteiger partial charge in [0.25, 0.3) is 0 Å². The normalized spacial score (nSPS) is 10.8. The molecule has 0 atom stereocenters. The first-order valence-corrected chi connectivity index (χ1v) is 10.8. The summed E-state index contributed by atoms with van der Waals surface area (Å²) >= 11 is 9.52. The van der Waals surface area contributed by atoms with E-state index < -0.39 is 11.2 Å². The molecular weight excluding hydrogens is 494 g/mol. The summed E-state index contributed by atoms with van der Waals surface area (Å²) in [4.78, 5) is 42.9. The van der Waals surface area contributed by atoms with Crippen molar-refractivity contribution in [2.24, 2.45) is 0 Å². The maximum atomic E-state index is 13.1. The largest absolute Gasteiger partial charge is 0.337 e. The van der Waals surface area contributed by atoms with Gasteiger partial charge in [-0.2, -0.15) is 0 Å². The number of hydrogen-bond donors (Lipinski definition) is 1. The molecule has 1 N–H and O–H groups in total. The van der Waals surface area contributed by atoms with Gasteiger partial charge >= 0.3 is 0 Å². The van der Waals surface area contributed by atoms with E-state index in [0.29, 0.717) is 31.6 Å². The van der Waals surface area contributed by atoms with Gasteiger partial charge in [0.2, 0.25) is 11.3 Å². The summed E-state index contributed by atoms with van der Waals surface area (Å²) in [7, 11) is 0. The summed E-state index contributed by atoms with van der Waals surface area (Å²) in [6.07, 6.45) is 4.42. The number of amides is 1. The zero-order chi connectivity index (χ0) is 22.8. The summed E-state index contributed by atoms with van der Waals surface area (Å²) in [5.41, 5.74) is 1.83. The molecule has 0 aliphatic heterocycles. The SMILES string of the molecule is Cc1c(Cl)cccc1NC(=O)Cn1cc(C(=O)c2ccncc2)c(=O)c2cc(Br)ccc21. The average molecular weight is 511 g/mol. The lowest BCUT2D eigenvalue weighted by Crippen LogP contribution is -2.24. The predicted molar refractivity (Wildman–Crippen MR) is 128 cm³/mol. The lowest BCUT2D eigenvalue weighted by atomic mass is 10.0. The van der Waals surface area contributed by atoms with E-state index in [4.69, 9.17) is 11.6 Å². The standard InChI is InChI=1S/C24H17BrClN3O3/c1-14-19(26)3-2-4-20(14)28-22(30)13-29-12-18(23(31)15-7-9-27-10-8-15)24(32)17-11-16(25)5-6-21(17)29/h2-12H,13H2,1H3,(H,28,30). The zero-order valence-electron chi connectivity index (χ0n) is 16.9. The van der Waals surface area contributed by atoms with Crippen LogP contribution in [-0.4, -0.2) is 21.2 Å². The van der Waals surface area contributed by atoms with Crippen molar-refractivity contribution in [1.82, 2.24) is 9.55 Å². The number of nitrogens with one attached hydrogen (secondary N) is 1. The number of benzene rings is 2. The van der Waals surface area contributed by atoms with Crippen LogP contribution in [0.15, 0.2) is 76.4 Å². The molecule has 0 aliphatic rings. The summed E-state index contributed by atoms with van der Waals surface area (Å²) in [6.45, 7) is 1.72. The molecule has 0 aliphatic carbocycles. The van der Waals surface area contributed by atoms with E-state index in [1.165, 1.54) is 18.6 Å². The second-order valence-corrected chi connectivity index (χ2v) is 8.51. The molecule has 1 amide bonds. The van der Waals surface area contributed by atoms with Crippen LogP contribution in [0.4, 0.5) is 5.69 Å². The maximum absolute atomic E-state index is 13.1. The number of ketones is 1. The predicted octanol–water partition coefficient (Wildman–Crippen LogP) is 4.99. The highest BCUT2D eigenvalue weighted by atomic mass is 79.9. The monoisotopic (exact) mass is 509 g/mol. The molecule has 32 heavy (non-hydrogen) atoms. The van der Waals surface area contributed by atoms with Gasteiger partial charge in [-0.15, -0.1) is 0 Å². The van der Waals surface area contributed by atoms with Crippen LogP contribution in [0.1, 0.15) is 21.5 Å². The fourth-order valence-electron chi connectivity index (χ4n) is 3.41. The van der Waals surface area contributed by atoms with E-state index in [-0.39, 0.29) is 18.0 Å². The lowest BCUT2D eigenvalue weighted by molar-refractivity contribution is -0.116. The molecule has 2 aromatic carbocycles. The number of pyridine rings is 2. The van der Waals surface area contributed by atoms with Gasteiger partial charge in [-0.25, -0.2) is 0 Å². The molecule has 0 radical (unpaired) electrons. The van der Waals surface area contributed by atoms with Gasteiger partial charge in [0.05, 0.1) is 11.1 Å². The first-order chi connectivity index (χ1) is 15.3. The van der Waals surface area contributed by atoms with E-state index in [1.54, 1.807) is 53.1 Å². The van der Waals surface area contributed by atoms with Crippen molar-refractivity contribution in [2.45, 2.75) is 13.5 Å². The molecule has 0 saturated carbocycles. The third-order valence-electron chi connectivity index (χ3n) is 5.09. The van der Waals surface area contributed by atoms with Gasteiger partial charge < -0.3 is 9.88 Å². The Morgan fingerprint density at radius 2 is 1.88 bits per heavy atom. The molecule has 0 spiro atoms. The Morgan fingerprint density at radius 1 is 1.12 bits per heavy atom. The van der Waals surface area contributed by atoms with E-state index >= 15 is 0 Å². The Balaban J connectivity index is 1.77. The van der Waals surface area contributed by atoms with Crippen molar-refractivity contribution in [3.05, 3.63) is 104 Å². The molecule has 6 nitrogen and oxygen atoms in total. The van der Waals surface area contributed by atoms with Crippen molar-refractivity contribution < 1.29 is 9.59 Å². The Kier molecular flexibility index (Phi) is 6.21. The van der Waals surface area contributed by atoms with Crippen LogP contribution in [0.2, 0.25) is 5.02 Å². The number of fused-ring (bicyclic) bond motifs is 1. The van der Waals surface area contributed by atoms with E-state index in [0.717, 1.165) is 5.56 Å². The van der Waals surface area contributed by atoms with Crippen LogP contribution >= 0.6 is 27.5 Å². The first-order valence-electron chi connectivity index (χ1n) is 9.67. The quantitative estimate of drug-likeness (QED) is 0.384. The molecule has 0 unspecified atom stereocenters. The molecule has 2 heterocycles. The van der Waals surface area contributed by atoms with Gasteiger partial charge in [-0.1, -0.05) is 33.6 Å². The summed E-state index contributed by atoms with van der Waals surface area (Å²) in [6, 6.07) is 13.5. The highest BCUT2D eigenvalue weighted by molar-refractivity contribution is 9.10. The Labute approximate surface area is 197 Å². The van der Waals surface area contributed by atoms with Crippen molar-refractivity contribution in [2.75, 3.05) is 5.32 Å². The minimum atomic E-state index is -0.431. The Hall–Kier alpha value is -3.29. The third kappa shape index (κ3) is 4.35. The summed E-state index contributed by atoms with van der Waals surface area (Å²) in [5.74, 6) is -0.746. The number of hydrogen-bond acceptors (Lipinski definition) is 4. The van der Waals surface area contributed by atoms with E-state index in [1.807, 2.05) is 6.92 Å². The second kappa shape index (κ2) is 9.06. The fraction of sp³-hybridized carbons (Fsp3) is 0.0833. The van der Waals surface area contributed by atoms with Crippen LogP contribution in [0.25, 0.3) is 10.9 Å². The second-order valence-electron chi connectivity index (χ2n) is 7.19. The molecule has 160 valence electrons. The molecular formula is C24H17BrClN3O3. The minimum absolute atomic E-state index is 0.0199. The number of carbonyl (C=O) groups excluding carboxylic acids is 2. The lowest BCUT2D eigenvalue weighted by Gasteiger charge is -2.15. The molecule has 0 fully saturated rings. The summed E-state index contributed by atoms with van der Waals surface area (Å²) in [5, 5.41) is 3.73. The summed E-state index contributed by atoms with van der Waals surface area (Å²) < 4.78 is 2.30. The van der Waals surface area contributed by atoms with Crippen LogP contribution in [-0.2, 0) is 11.3 Å². The highest BCUT2D eigenvalue weighted by Gasteiger charge is 2.18. The number of carbonyl (C=O) groups is 2. The number of halogens is 2.